The van der Waals surface area contributed by atoms with Crippen LogP contribution in [0.4, 0.5) is 11.4 Å². The average molecular weight is 428 g/mol. The van der Waals surface area contributed by atoms with E-state index in [-0.39, 0.29) is 5.91 Å². The highest BCUT2D eigenvalue weighted by Gasteiger charge is 2.24. The van der Waals surface area contributed by atoms with Gasteiger partial charge in [-0.25, -0.2) is 0 Å². The third kappa shape index (κ3) is 4.67. The predicted molar refractivity (Wildman–Crippen MR) is 123 cm³/mol. The Labute approximate surface area is 184 Å². The minimum absolute atomic E-state index is 0.0761. The lowest BCUT2D eigenvalue weighted by molar-refractivity contribution is 0.0747. The van der Waals surface area contributed by atoms with Crippen LogP contribution < -0.4 is 14.5 Å². The van der Waals surface area contributed by atoms with Crippen molar-refractivity contribution >= 4 is 28.9 Å². The molecule has 5 nitrogen and oxygen atoms in total. The number of halogens is 1. The van der Waals surface area contributed by atoms with Crippen molar-refractivity contribution < 1.29 is 9.53 Å². The Balaban J connectivity index is 1.34. The number of amides is 1. The molecule has 0 aromatic heterocycles. The highest BCUT2D eigenvalue weighted by atomic mass is 35.5. The van der Waals surface area contributed by atoms with E-state index >= 15 is 0 Å². The van der Waals surface area contributed by atoms with Crippen molar-refractivity contribution in [3.8, 4) is 5.75 Å². The summed E-state index contributed by atoms with van der Waals surface area (Å²) in [6.07, 6.45) is 3.48. The van der Waals surface area contributed by atoms with Crippen LogP contribution in [0, 0.1) is 0 Å². The molecule has 4 rings (SSSR count). The Kier molecular flexibility index (Phi) is 6.68. The number of carbonyl (C=O) groups excluding carboxylic acids is 1. The molecule has 2 aromatic carbocycles. The van der Waals surface area contributed by atoms with Crippen molar-refractivity contribution in [3.63, 3.8) is 0 Å². The number of hydrogen-bond acceptors (Lipinski definition) is 4. The molecule has 2 heterocycles. The van der Waals surface area contributed by atoms with Crippen LogP contribution in [0.5, 0.6) is 5.75 Å². The second kappa shape index (κ2) is 9.61. The quantitative estimate of drug-likeness (QED) is 0.670. The number of piperazine rings is 1. The summed E-state index contributed by atoms with van der Waals surface area (Å²) in [6.45, 7) is 7.94. The van der Waals surface area contributed by atoms with Gasteiger partial charge in [-0.2, -0.15) is 0 Å². The Morgan fingerprint density at radius 2 is 1.63 bits per heavy atom. The van der Waals surface area contributed by atoms with Crippen LogP contribution in [-0.2, 0) is 0 Å². The molecule has 2 aromatic rings. The zero-order chi connectivity index (χ0) is 20.9. The Hall–Kier alpha value is -2.40. The molecule has 2 fully saturated rings. The van der Waals surface area contributed by atoms with Crippen LogP contribution in [0.25, 0.3) is 0 Å². The van der Waals surface area contributed by atoms with Crippen LogP contribution in [0.2, 0.25) is 5.02 Å². The van der Waals surface area contributed by atoms with Gasteiger partial charge < -0.3 is 19.4 Å². The van der Waals surface area contributed by atoms with E-state index in [1.807, 2.05) is 29.2 Å². The molecule has 0 spiro atoms. The number of hydrogen-bond donors (Lipinski definition) is 0. The highest BCUT2D eigenvalue weighted by molar-refractivity contribution is 6.33. The summed E-state index contributed by atoms with van der Waals surface area (Å²) in [5.41, 5.74) is 2.98. The molecule has 1 amide bonds. The van der Waals surface area contributed by atoms with Gasteiger partial charge in [0.05, 0.1) is 17.3 Å². The van der Waals surface area contributed by atoms with E-state index in [9.17, 15) is 4.79 Å². The number of ether oxygens (including phenoxy) is 1. The molecule has 0 aliphatic carbocycles. The molecule has 0 radical (unpaired) electrons. The van der Waals surface area contributed by atoms with Gasteiger partial charge in [0.25, 0.3) is 5.91 Å². The molecular formula is C24H30ClN3O2. The number of nitrogens with zero attached hydrogens (tertiary/aromatic N) is 3. The summed E-state index contributed by atoms with van der Waals surface area (Å²) < 4.78 is 5.60. The third-order valence-electron chi connectivity index (χ3n) is 5.88. The summed E-state index contributed by atoms with van der Waals surface area (Å²) in [5.74, 6) is 0.886. The molecule has 2 aliphatic heterocycles. The van der Waals surface area contributed by atoms with E-state index in [1.165, 1.54) is 18.5 Å². The van der Waals surface area contributed by atoms with Crippen molar-refractivity contribution in [2.75, 3.05) is 55.7 Å². The van der Waals surface area contributed by atoms with Crippen LogP contribution >= 0.6 is 11.6 Å². The van der Waals surface area contributed by atoms with Crippen molar-refractivity contribution in [1.29, 1.82) is 0 Å². The van der Waals surface area contributed by atoms with E-state index in [4.69, 9.17) is 16.3 Å². The third-order valence-corrected chi connectivity index (χ3v) is 6.19. The van der Waals surface area contributed by atoms with E-state index in [0.29, 0.717) is 25.3 Å². The zero-order valence-corrected chi connectivity index (χ0v) is 18.4. The van der Waals surface area contributed by atoms with Gasteiger partial charge >= 0.3 is 0 Å². The summed E-state index contributed by atoms with van der Waals surface area (Å²) >= 11 is 6.63. The van der Waals surface area contributed by atoms with Crippen molar-refractivity contribution in [1.82, 2.24) is 4.90 Å². The van der Waals surface area contributed by atoms with Gasteiger partial charge in [-0.15, -0.1) is 0 Å². The monoisotopic (exact) mass is 427 g/mol. The summed E-state index contributed by atoms with van der Waals surface area (Å²) in [4.78, 5) is 19.5. The molecule has 0 bridgehead atoms. The van der Waals surface area contributed by atoms with Crippen LogP contribution in [0.1, 0.15) is 36.5 Å². The molecule has 6 heteroatoms. The Morgan fingerprint density at radius 3 is 2.27 bits per heavy atom. The molecule has 0 atom stereocenters. The lowest BCUT2D eigenvalue weighted by Crippen LogP contribution is -2.48. The number of rotatable bonds is 6. The minimum atomic E-state index is 0.0761. The van der Waals surface area contributed by atoms with E-state index in [0.717, 1.165) is 49.1 Å². The first kappa shape index (κ1) is 20.9. The smallest absolute Gasteiger partial charge is 0.253 e. The number of benzene rings is 2. The van der Waals surface area contributed by atoms with Crippen molar-refractivity contribution in [2.24, 2.45) is 0 Å². The van der Waals surface area contributed by atoms with Crippen LogP contribution in [0.3, 0.4) is 0 Å². The Morgan fingerprint density at radius 1 is 0.933 bits per heavy atom. The maximum absolute atomic E-state index is 12.9. The lowest BCUT2D eigenvalue weighted by Gasteiger charge is -2.36. The average Bonchev–Trinajstić information content (AvgIpc) is 3.33. The van der Waals surface area contributed by atoms with Gasteiger partial charge in [-0.3, -0.25) is 4.79 Å². The number of carbonyl (C=O) groups is 1. The molecule has 160 valence electrons. The fourth-order valence-corrected chi connectivity index (χ4v) is 4.47. The first-order chi connectivity index (χ1) is 14.7. The van der Waals surface area contributed by atoms with Gasteiger partial charge in [0.1, 0.15) is 5.75 Å². The number of anilines is 2. The molecule has 2 saturated heterocycles. The zero-order valence-electron chi connectivity index (χ0n) is 17.6. The maximum Gasteiger partial charge on any atom is 0.253 e. The SMILES string of the molecule is CCCOc1ccc(C(=O)N2CCN(c3ccc(N4CCCC4)cc3Cl)CC2)cc1. The first-order valence-electron chi connectivity index (χ1n) is 11.0. The first-order valence-corrected chi connectivity index (χ1v) is 11.3. The molecule has 0 unspecified atom stereocenters. The molecular weight excluding hydrogens is 398 g/mol. The van der Waals surface area contributed by atoms with Crippen molar-refractivity contribution in [2.45, 2.75) is 26.2 Å². The van der Waals surface area contributed by atoms with E-state index < -0.39 is 0 Å². The largest absolute Gasteiger partial charge is 0.494 e. The van der Waals surface area contributed by atoms with Crippen LogP contribution in [-0.4, -0.2) is 56.7 Å². The van der Waals surface area contributed by atoms with Gasteiger partial charge in [0, 0.05) is 50.5 Å². The normalized spacial score (nSPS) is 16.8. The fourth-order valence-electron chi connectivity index (χ4n) is 4.17. The summed E-state index contributed by atoms with van der Waals surface area (Å²) in [7, 11) is 0. The van der Waals surface area contributed by atoms with Crippen molar-refractivity contribution in [3.05, 3.63) is 53.1 Å². The van der Waals surface area contributed by atoms with Gasteiger partial charge in [0.15, 0.2) is 0 Å². The molecule has 0 N–H and O–H groups in total. The Bertz CT molecular complexity index is 857. The van der Waals surface area contributed by atoms with Gasteiger partial charge in [-0.05, 0) is 61.7 Å². The molecule has 30 heavy (non-hydrogen) atoms. The molecule has 0 saturated carbocycles. The second-order valence-electron chi connectivity index (χ2n) is 7.98. The predicted octanol–water partition coefficient (Wildman–Crippen LogP) is 4.69. The summed E-state index contributed by atoms with van der Waals surface area (Å²) in [5, 5.41) is 0.793. The van der Waals surface area contributed by atoms with Gasteiger partial charge in [0.2, 0.25) is 0 Å². The van der Waals surface area contributed by atoms with E-state index in [2.05, 4.69) is 34.9 Å². The maximum atomic E-state index is 12.9. The standard InChI is InChI=1S/C24H30ClN3O2/c1-2-17-30-21-8-5-19(6-9-21)24(29)28-15-13-27(14-16-28)23-10-7-20(18-22(23)25)26-11-3-4-12-26/h5-10,18H,2-4,11-17H2,1H3. The van der Waals surface area contributed by atoms with Crippen LogP contribution in [0.15, 0.2) is 42.5 Å². The topological polar surface area (TPSA) is 36.0 Å². The minimum Gasteiger partial charge on any atom is -0.494 e. The molecule has 2 aliphatic rings. The summed E-state index contributed by atoms with van der Waals surface area (Å²) in [6, 6.07) is 13.8. The van der Waals surface area contributed by atoms with Gasteiger partial charge in [-0.1, -0.05) is 18.5 Å². The second-order valence-corrected chi connectivity index (χ2v) is 8.39. The fraction of sp³-hybridized carbons (Fsp3) is 0.458. The lowest BCUT2D eigenvalue weighted by atomic mass is 10.1. The van der Waals surface area contributed by atoms with E-state index in [1.54, 1.807) is 0 Å². The highest BCUT2D eigenvalue weighted by Crippen LogP contribution is 2.32.